The number of aliphatic imine (C=N–C) groups is 1. The van der Waals surface area contributed by atoms with Gasteiger partial charge in [0.2, 0.25) is 0 Å². The fraction of sp³-hybridized carbons (Fsp3) is 0.188. The number of nitriles is 1. The molecule has 21 heavy (non-hydrogen) atoms. The summed E-state index contributed by atoms with van der Waals surface area (Å²) in [6.45, 7) is 0. The molecule has 2 aromatic rings. The van der Waals surface area contributed by atoms with E-state index in [1.807, 2.05) is 24.4 Å². The lowest BCUT2D eigenvalue weighted by Gasteiger charge is -2.09. The van der Waals surface area contributed by atoms with Gasteiger partial charge in [-0.2, -0.15) is 5.26 Å². The van der Waals surface area contributed by atoms with E-state index in [4.69, 9.17) is 10.3 Å². The first kappa shape index (κ1) is 12.4. The van der Waals surface area contributed by atoms with Crippen LogP contribution in [0.2, 0.25) is 0 Å². The molecule has 1 N–H and O–H groups in total. The van der Waals surface area contributed by atoms with Crippen molar-refractivity contribution >= 4 is 22.6 Å². The lowest BCUT2D eigenvalue weighted by molar-refractivity contribution is 0.751. The Balaban J connectivity index is 0.00000144. The molecule has 0 spiro atoms. The number of anilines is 1. The summed E-state index contributed by atoms with van der Waals surface area (Å²) in [7, 11) is 0. The van der Waals surface area contributed by atoms with Gasteiger partial charge in [-0.25, -0.2) is 4.99 Å². The van der Waals surface area contributed by atoms with E-state index in [9.17, 15) is 0 Å². The van der Waals surface area contributed by atoms with Gasteiger partial charge in [-0.1, -0.05) is 17.8 Å². The molecule has 0 amide bonds. The number of aromatic nitrogens is 1. The number of fused-ring (bicyclic) bond motifs is 1. The second kappa shape index (κ2) is 4.61. The minimum atomic E-state index is -0.0755. The van der Waals surface area contributed by atoms with Gasteiger partial charge in [-0.3, -0.25) is 4.98 Å². The smallest absolute Gasteiger partial charge is 0.162 e. The largest absolute Gasteiger partial charge is 0.335 e. The van der Waals surface area contributed by atoms with Crippen LogP contribution in [-0.4, -0.2) is 15.4 Å². The van der Waals surface area contributed by atoms with E-state index in [1.165, 1.54) is 5.56 Å². The van der Waals surface area contributed by atoms with Crippen LogP contribution in [0.5, 0.6) is 0 Å². The molecule has 2 aliphatic rings. The maximum atomic E-state index is 8.81. The molecule has 2 atom stereocenters. The summed E-state index contributed by atoms with van der Waals surface area (Å²) >= 11 is 1.78. The third-order valence-corrected chi connectivity index (χ3v) is 5.11. The molecule has 1 aromatic heterocycles. The zero-order valence-electron chi connectivity index (χ0n) is 11.2. The standard InChI is InChI=1S/C16H12N4S.H2/c17-9-11-3-5-13(6-4-11)19-15-20-16(8-14(16)21-15)12-2-1-7-18-10-12;/h1-7,10,14H,8H2,(H,19,20);1H. The van der Waals surface area contributed by atoms with Crippen molar-refractivity contribution in [1.29, 1.82) is 5.26 Å². The molecule has 104 valence electrons. The average molecular weight is 294 g/mol. The van der Waals surface area contributed by atoms with Crippen LogP contribution in [0.15, 0.2) is 53.8 Å². The molecule has 2 unspecified atom stereocenters. The third kappa shape index (κ3) is 2.08. The second-order valence-corrected chi connectivity index (χ2v) is 6.40. The highest BCUT2D eigenvalue weighted by atomic mass is 32.2. The van der Waals surface area contributed by atoms with E-state index in [2.05, 4.69) is 22.4 Å². The molecule has 4 rings (SSSR count). The predicted molar refractivity (Wildman–Crippen MR) is 86.2 cm³/mol. The summed E-state index contributed by atoms with van der Waals surface area (Å²) in [5.41, 5.74) is 2.74. The Bertz CT molecular complexity index is 754. The van der Waals surface area contributed by atoms with Gasteiger partial charge in [0.1, 0.15) is 5.54 Å². The molecule has 1 aliphatic heterocycles. The van der Waals surface area contributed by atoms with Gasteiger partial charge in [0.15, 0.2) is 5.17 Å². The summed E-state index contributed by atoms with van der Waals surface area (Å²) in [5.74, 6) is 0. The second-order valence-electron chi connectivity index (χ2n) is 5.21. The minimum absolute atomic E-state index is 0. The van der Waals surface area contributed by atoms with Crippen molar-refractivity contribution in [3.8, 4) is 6.07 Å². The molecule has 0 radical (unpaired) electrons. The molecule has 1 fully saturated rings. The first-order chi connectivity index (χ1) is 10.3. The molecule has 4 nitrogen and oxygen atoms in total. The number of pyridine rings is 1. The van der Waals surface area contributed by atoms with Gasteiger partial charge < -0.3 is 5.32 Å². The van der Waals surface area contributed by atoms with Gasteiger partial charge in [-0.05, 0) is 42.3 Å². The van der Waals surface area contributed by atoms with Gasteiger partial charge >= 0.3 is 0 Å². The van der Waals surface area contributed by atoms with Crippen molar-refractivity contribution in [2.24, 2.45) is 4.99 Å². The van der Waals surface area contributed by atoms with E-state index in [1.54, 1.807) is 30.1 Å². The number of benzene rings is 1. The number of amidine groups is 1. The predicted octanol–water partition coefficient (Wildman–Crippen LogP) is 3.38. The van der Waals surface area contributed by atoms with E-state index in [0.29, 0.717) is 10.8 Å². The third-order valence-electron chi connectivity index (χ3n) is 3.85. The monoisotopic (exact) mass is 294 g/mol. The van der Waals surface area contributed by atoms with Crippen molar-refractivity contribution in [3.63, 3.8) is 0 Å². The van der Waals surface area contributed by atoms with Crippen molar-refractivity contribution in [3.05, 3.63) is 59.9 Å². The Labute approximate surface area is 128 Å². The molecule has 1 aromatic carbocycles. The number of thioether (sulfide) groups is 1. The quantitative estimate of drug-likeness (QED) is 0.922. The number of nitrogens with zero attached hydrogens (tertiary/aromatic N) is 3. The summed E-state index contributed by atoms with van der Waals surface area (Å²) < 4.78 is 0. The van der Waals surface area contributed by atoms with E-state index in [0.717, 1.165) is 17.3 Å². The van der Waals surface area contributed by atoms with Gasteiger partial charge in [0.05, 0.1) is 11.6 Å². The highest BCUT2D eigenvalue weighted by Crippen LogP contribution is 2.61. The zero-order valence-corrected chi connectivity index (χ0v) is 12.0. The average Bonchev–Trinajstić information content (AvgIpc) is 3.12. The summed E-state index contributed by atoms with van der Waals surface area (Å²) in [6.07, 6.45) is 4.79. The summed E-state index contributed by atoms with van der Waals surface area (Å²) in [4.78, 5) is 9.07. The Morgan fingerprint density at radius 1 is 1.33 bits per heavy atom. The van der Waals surface area contributed by atoms with E-state index in [-0.39, 0.29) is 6.97 Å². The van der Waals surface area contributed by atoms with Crippen molar-refractivity contribution < 1.29 is 1.43 Å². The first-order valence-electron chi connectivity index (χ1n) is 6.74. The van der Waals surface area contributed by atoms with Crippen molar-refractivity contribution in [1.82, 2.24) is 4.98 Å². The minimum Gasteiger partial charge on any atom is -0.335 e. The molecule has 0 saturated heterocycles. The SMILES string of the molecule is N#Cc1ccc(NC2=NC3(c4cccnc4)CC3S2)cc1.[HH]. The number of hydrogen-bond acceptors (Lipinski definition) is 5. The van der Waals surface area contributed by atoms with Crippen LogP contribution >= 0.6 is 11.8 Å². The van der Waals surface area contributed by atoms with Crippen LogP contribution in [0.4, 0.5) is 5.69 Å². The Kier molecular flexibility index (Phi) is 2.72. The van der Waals surface area contributed by atoms with Gasteiger partial charge in [-0.15, -0.1) is 0 Å². The highest BCUT2D eigenvalue weighted by Gasteiger charge is 2.61. The molecular weight excluding hydrogens is 280 g/mol. The van der Waals surface area contributed by atoms with Crippen LogP contribution in [0, 0.1) is 11.3 Å². The summed E-state index contributed by atoms with van der Waals surface area (Å²) in [5, 5.41) is 13.6. The van der Waals surface area contributed by atoms with E-state index >= 15 is 0 Å². The van der Waals surface area contributed by atoms with Crippen LogP contribution in [0.3, 0.4) is 0 Å². The zero-order chi connectivity index (χ0) is 14.3. The topological polar surface area (TPSA) is 61.1 Å². The Morgan fingerprint density at radius 3 is 2.90 bits per heavy atom. The normalized spacial score (nSPS) is 25.7. The van der Waals surface area contributed by atoms with Crippen LogP contribution in [-0.2, 0) is 5.54 Å². The lowest BCUT2D eigenvalue weighted by atomic mass is 10.1. The molecule has 2 heterocycles. The Hall–Kier alpha value is -2.32. The highest BCUT2D eigenvalue weighted by molar-refractivity contribution is 8.15. The van der Waals surface area contributed by atoms with E-state index < -0.39 is 0 Å². The van der Waals surface area contributed by atoms with Gasteiger partial charge in [0.25, 0.3) is 0 Å². The number of nitrogens with one attached hydrogen (secondary N) is 1. The first-order valence-corrected chi connectivity index (χ1v) is 7.62. The van der Waals surface area contributed by atoms with Gasteiger partial charge in [0, 0.05) is 24.8 Å². The maximum absolute atomic E-state index is 8.81. The molecule has 1 aliphatic carbocycles. The maximum Gasteiger partial charge on any atom is 0.162 e. The fourth-order valence-corrected chi connectivity index (χ4v) is 4.00. The van der Waals surface area contributed by atoms with Crippen molar-refractivity contribution in [2.45, 2.75) is 17.2 Å². The van der Waals surface area contributed by atoms with Crippen LogP contribution in [0.1, 0.15) is 19.0 Å². The molecule has 0 bridgehead atoms. The summed E-state index contributed by atoms with van der Waals surface area (Å²) in [6, 6.07) is 13.6. The van der Waals surface area contributed by atoms with Crippen LogP contribution in [0.25, 0.3) is 0 Å². The number of hydrogen-bond donors (Lipinski definition) is 1. The van der Waals surface area contributed by atoms with Crippen LogP contribution < -0.4 is 5.32 Å². The lowest BCUT2D eigenvalue weighted by Crippen LogP contribution is -2.09. The Morgan fingerprint density at radius 2 is 2.19 bits per heavy atom. The van der Waals surface area contributed by atoms with Crippen molar-refractivity contribution in [2.75, 3.05) is 5.32 Å². The number of rotatable bonds is 2. The molecule has 1 saturated carbocycles. The molecular formula is C16H14N4S. The fourth-order valence-electron chi connectivity index (χ4n) is 2.62. The molecule has 5 heteroatoms.